The number of carbonyl (C=O) groups is 2. The number of carbonyl (C=O) groups excluding carboxylic acids is 2. The van der Waals surface area contributed by atoms with E-state index in [1.165, 1.54) is 0 Å². The largest absolute Gasteiger partial charge is 0.368 e. The average Bonchev–Trinajstić information content (AvgIpc) is 2.89. The number of likely N-dealkylation sites (tertiary alicyclic amines) is 1. The highest BCUT2D eigenvalue weighted by molar-refractivity contribution is 5.87. The van der Waals surface area contributed by atoms with E-state index in [1.807, 2.05) is 36.0 Å². The molecular formula is C12H17N3O2. The van der Waals surface area contributed by atoms with Gasteiger partial charge in [0.05, 0.1) is 6.04 Å². The summed E-state index contributed by atoms with van der Waals surface area (Å²) in [4.78, 5) is 24.8. The molecule has 1 aromatic rings. The second-order valence-electron chi connectivity index (χ2n) is 4.36. The minimum absolute atomic E-state index is 0.00866. The molecule has 0 radical (unpaired) electrons. The van der Waals surface area contributed by atoms with Crippen LogP contribution in [0.15, 0.2) is 24.5 Å². The van der Waals surface area contributed by atoms with Crippen LogP contribution in [0.5, 0.6) is 0 Å². The van der Waals surface area contributed by atoms with Crippen LogP contribution in [0.1, 0.15) is 25.8 Å². The predicted molar refractivity (Wildman–Crippen MR) is 63.1 cm³/mol. The average molecular weight is 235 g/mol. The van der Waals surface area contributed by atoms with Gasteiger partial charge in [-0.05, 0) is 18.6 Å². The standard InChI is InChI=1S/C12H17N3O2/c1-2-10(12(13)17)15-8-9(7-11(15)16)14-5-3-4-6-14/h3-6,9-10H,2,7-8H2,1H3,(H2,13,17)/t9?,10-/m0/s1. The molecule has 0 saturated carbocycles. The first-order valence-corrected chi connectivity index (χ1v) is 5.84. The SMILES string of the molecule is CC[C@@H](C(N)=O)N1CC(n2cccc2)CC1=O. The molecule has 1 aromatic heterocycles. The molecule has 1 saturated heterocycles. The van der Waals surface area contributed by atoms with Crippen molar-refractivity contribution in [3.05, 3.63) is 24.5 Å². The van der Waals surface area contributed by atoms with Gasteiger partial charge in [-0.1, -0.05) is 6.92 Å². The zero-order chi connectivity index (χ0) is 12.4. The Balaban J connectivity index is 2.12. The van der Waals surface area contributed by atoms with Gasteiger partial charge in [-0.15, -0.1) is 0 Å². The van der Waals surface area contributed by atoms with E-state index in [-0.39, 0.29) is 11.9 Å². The van der Waals surface area contributed by atoms with Gasteiger partial charge in [0.15, 0.2) is 0 Å². The minimum Gasteiger partial charge on any atom is -0.368 e. The molecule has 1 aliphatic heterocycles. The highest BCUT2D eigenvalue weighted by Gasteiger charge is 2.36. The summed E-state index contributed by atoms with van der Waals surface area (Å²) in [7, 11) is 0. The van der Waals surface area contributed by atoms with Crippen LogP contribution in [0.4, 0.5) is 0 Å². The molecule has 92 valence electrons. The van der Waals surface area contributed by atoms with Crippen molar-refractivity contribution in [3.63, 3.8) is 0 Å². The lowest BCUT2D eigenvalue weighted by molar-refractivity contribution is -0.136. The number of aromatic nitrogens is 1. The number of hydrogen-bond donors (Lipinski definition) is 1. The topological polar surface area (TPSA) is 68.3 Å². The quantitative estimate of drug-likeness (QED) is 0.827. The van der Waals surface area contributed by atoms with Crippen molar-refractivity contribution < 1.29 is 9.59 Å². The van der Waals surface area contributed by atoms with Gasteiger partial charge in [0.1, 0.15) is 6.04 Å². The maximum absolute atomic E-state index is 11.9. The number of amides is 2. The second kappa shape index (κ2) is 4.61. The molecule has 1 fully saturated rings. The van der Waals surface area contributed by atoms with E-state index in [2.05, 4.69) is 0 Å². The maximum atomic E-state index is 11.9. The Labute approximate surface area is 100 Å². The van der Waals surface area contributed by atoms with Crippen LogP contribution in [0.3, 0.4) is 0 Å². The zero-order valence-electron chi connectivity index (χ0n) is 9.87. The number of rotatable bonds is 4. The lowest BCUT2D eigenvalue weighted by atomic mass is 10.2. The molecule has 2 heterocycles. The summed E-state index contributed by atoms with van der Waals surface area (Å²) < 4.78 is 2.01. The van der Waals surface area contributed by atoms with Crippen LogP contribution < -0.4 is 5.73 Å². The van der Waals surface area contributed by atoms with Gasteiger partial charge >= 0.3 is 0 Å². The highest BCUT2D eigenvalue weighted by Crippen LogP contribution is 2.25. The summed E-state index contributed by atoms with van der Waals surface area (Å²) in [6, 6.07) is 3.51. The Hall–Kier alpha value is -1.78. The van der Waals surface area contributed by atoms with Crippen molar-refractivity contribution in [1.82, 2.24) is 9.47 Å². The van der Waals surface area contributed by atoms with Gasteiger partial charge in [0.25, 0.3) is 0 Å². The fourth-order valence-corrected chi connectivity index (χ4v) is 2.38. The first-order valence-electron chi connectivity index (χ1n) is 5.84. The van der Waals surface area contributed by atoms with Crippen LogP contribution in [0.25, 0.3) is 0 Å². The van der Waals surface area contributed by atoms with E-state index < -0.39 is 11.9 Å². The number of nitrogens with two attached hydrogens (primary N) is 1. The van der Waals surface area contributed by atoms with Crippen molar-refractivity contribution in [2.75, 3.05) is 6.54 Å². The summed E-state index contributed by atoms with van der Waals surface area (Å²) in [5.74, 6) is -0.414. The van der Waals surface area contributed by atoms with E-state index in [0.29, 0.717) is 19.4 Å². The third-order valence-corrected chi connectivity index (χ3v) is 3.28. The van der Waals surface area contributed by atoms with Crippen LogP contribution in [-0.4, -0.2) is 33.9 Å². The summed E-state index contributed by atoms with van der Waals surface area (Å²) in [5, 5.41) is 0. The van der Waals surface area contributed by atoms with Gasteiger partial charge in [-0.2, -0.15) is 0 Å². The molecule has 0 spiro atoms. The molecular weight excluding hydrogens is 218 g/mol. The lowest BCUT2D eigenvalue weighted by Crippen LogP contribution is -2.45. The molecule has 0 aromatic carbocycles. The van der Waals surface area contributed by atoms with E-state index in [9.17, 15) is 9.59 Å². The van der Waals surface area contributed by atoms with Crippen molar-refractivity contribution in [1.29, 1.82) is 0 Å². The number of nitrogens with zero attached hydrogens (tertiary/aromatic N) is 2. The van der Waals surface area contributed by atoms with E-state index >= 15 is 0 Å². The second-order valence-corrected chi connectivity index (χ2v) is 4.36. The molecule has 2 N–H and O–H groups in total. The zero-order valence-corrected chi connectivity index (χ0v) is 9.87. The Morgan fingerprint density at radius 3 is 2.71 bits per heavy atom. The van der Waals surface area contributed by atoms with Crippen LogP contribution in [0, 0.1) is 0 Å². The van der Waals surface area contributed by atoms with E-state index in [0.717, 1.165) is 0 Å². The third-order valence-electron chi connectivity index (χ3n) is 3.28. The molecule has 2 amide bonds. The molecule has 5 heteroatoms. The van der Waals surface area contributed by atoms with Gasteiger partial charge < -0.3 is 15.2 Å². The smallest absolute Gasteiger partial charge is 0.240 e. The van der Waals surface area contributed by atoms with Gasteiger partial charge in [0.2, 0.25) is 11.8 Å². The van der Waals surface area contributed by atoms with E-state index in [1.54, 1.807) is 4.90 Å². The summed E-state index contributed by atoms with van der Waals surface area (Å²) in [6.07, 6.45) is 4.89. The van der Waals surface area contributed by atoms with E-state index in [4.69, 9.17) is 5.73 Å². The molecule has 0 bridgehead atoms. The molecule has 5 nitrogen and oxygen atoms in total. The minimum atomic E-state index is -0.469. The van der Waals surface area contributed by atoms with Crippen molar-refractivity contribution >= 4 is 11.8 Å². The lowest BCUT2D eigenvalue weighted by Gasteiger charge is -2.24. The molecule has 2 rings (SSSR count). The highest BCUT2D eigenvalue weighted by atomic mass is 16.2. The number of hydrogen-bond acceptors (Lipinski definition) is 2. The Morgan fingerprint density at radius 2 is 2.18 bits per heavy atom. The van der Waals surface area contributed by atoms with Crippen LogP contribution >= 0.6 is 0 Å². The van der Waals surface area contributed by atoms with Gasteiger partial charge in [-0.25, -0.2) is 0 Å². The predicted octanol–water partition coefficient (Wildman–Crippen LogP) is 0.525. The fraction of sp³-hybridized carbons (Fsp3) is 0.500. The Bertz CT molecular complexity index is 413. The van der Waals surface area contributed by atoms with Crippen LogP contribution in [0.2, 0.25) is 0 Å². The van der Waals surface area contributed by atoms with Gasteiger partial charge in [0, 0.05) is 25.4 Å². The maximum Gasteiger partial charge on any atom is 0.240 e. The van der Waals surface area contributed by atoms with Crippen LogP contribution in [-0.2, 0) is 9.59 Å². The molecule has 0 aliphatic carbocycles. The normalized spacial score (nSPS) is 21.8. The van der Waals surface area contributed by atoms with Gasteiger partial charge in [-0.3, -0.25) is 9.59 Å². The molecule has 1 aliphatic rings. The molecule has 2 atom stereocenters. The Kier molecular flexibility index (Phi) is 3.17. The monoisotopic (exact) mass is 235 g/mol. The van der Waals surface area contributed by atoms with Crippen molar-refractivity contribution in [2.24, 2.45) is 5.73 Å². The van der Waals surface area contributed by atoms with Crippen molar-refractivity contribution in [2.45, 2.75) is 31.8 Å². The summed E-state index contributed by atoms with van der Waals surface area (Å²) in [6.45, 7) is 2.43. The summed E-state index contributed by atoms with van der Waals surface area (Å²) in [5.41, 5.74) is 5.31. The fourth-order valence-electron chi connectivity index (χ4n) is 2.38. The Morgan fingerprint density at radius 1 is 1.53 bits per heavy atom. The summed E-state index contributed by atoms with van der Waals surface area (Å²) >= 11 is 0. The number of primary amides is 1. The molecule has 1 unspecified atom stereocenters. The third kappa shape index (κ3) is 2.18. The van der Waals surface area contributed by atoms with Crippen molar-refractivity contribution in [3.8, 4) is 0 Å². The first-order chi connectivity index (χ1) is 8.13. The molecule has 17 heavy (non-hydrogen) atoms. The first kappa shape index (κ1) is 11.7.